The van der Waals surface area contributed by atoms with Crippen LogP contribution in [0.25, 0.3) is 0 Å². The Bertz CT molecular complexity index is 250. The van der Waals surface area contributed by atoms with E-state index in [2.05, 4.69) is 0 Å². The number of aliphatic carboxylic acids is 3. The van der Waals surface area contributed by atoms with Gasteiger partial charge < -0.3 is 21.1 Å². The smallest absolute Gasteiger partial charge is 0.320 e. The molecule has 0 aromatic heterocycles. The van der Waals surface area contributed by atoms with Crippen molar-refractivity contribution in [3.63, 3.8) is 0 Å². The van der Waals surface area contributed by atoms with Gasteiger partial charge in [-0.15, -0.1) is 0 Å². The van der Waals surface area contributed by atoms with E-state index in [0.29, 0.717) is 0 Å². The van der Waals surface area contributed by atoms with Crippen molar-refractivity contribution < 1.29 is 29.7 Å². The molecule has 0 aromatic carbocycles. The largest absolute Gasteiger partial charge is 0.481 e. The van der Waals surface area contributed by atoms with Crippen LogP contribution in [-0.2, 0) is 14.4 Å². The summed E-state index contributed by atoms with van der Waals surface area (Å²) >= 11 is 0. The van der Waals surface area contributed by atoms with Gasteiger partial charge in [-0.05, 0) is 12.3 Å². The molecule has 5 N–H and O–H groups in total. The molecule has 0 aliphatic carbocycles. The van der Waals surface area contributed by atoms with Crippen LogP contribution in [0.4, 0.5) is 0 Å². The highest BCUT2D eigenvalue weighted by atomic mass is 16.4. The van der Waals surface area contributed by atoms with E-state index < -0.39 is 23.9 Å². The molecular weight excluding hydrogens is 230 g/mol. The molecule has 17 heavy (non-hydrogen) atoms. The van der Waals surface area contributed by atoms with Crippen LogP contribution in [0.5, 0.6) is 0 Å². The normalized spacial score (nSPS) is 11.3. The van der Waals surface area contributed by atoms with Gasteiger partial charge in [-0.25, -0.2) is 0 Å². The maximum absolute atomic E-state index is 10.0. The molecule has 0 aliphatic heterocycles. The number of nitrogens with two attached hydrogens (primary N) is 1. The molecule has 0 bridgehead atoms. The molecule has 0 spiro atoms. The van der Waals surface area contributed by atoms with E-state index in [1.54, 1.807) is 13.8 Å². The van der Waals surface area contributed by atoms with Gasteiger partial charge in [0.15, 0.2) is 0 Å². The first kappa shape index (κ1) is 17.8. The minimum Gasteiger partial charge on any atom is -0.481 e. The van der Waals surface area contributed by atoms with Crippen LogP contribution in [0, 0.1) is 5.92 Å². The minimum atomic E-state index is -0.948. The molecule has 0 rings (SSSR count). The molecule has 0 aliphatic rings. The molecule has 0 saturated carbocycles. The predicted molar refractivity (Wildman–Crippen MR) is 59.6 cm³/mol. The standard InChI is InChI=1S/C5H11NO2.C5H8O4/c1-3(2)4(6)5(7)8;6-4(7)2-1-3-5(8)9/h3-4H,6H2,1-2H3,(H,7,8);1-3H2,(H,6,7)(H,8,9)/t4-;/m1./s1. The van der Waals surface area contributed by atoms with Crippen LogP contribution in [0.1, 0.15) is 33.1 Å². The molecule has 0 saturated heterocycles. The molecule has 0 unspecified atom stereocenters. The number of carboxylic acid groups (broad SMARTS) is 3. The Morgan fingerprint density at radius 2 is 1.35 bits per heavy atom. The molecule has 0 heterocycles. The van der Waals surface area contributed by atoms with Crippen LogP contribution in [0.15, 0.2) is 0 Å². The van der Waals surface area contributed by atoms with Gasteiger partial charge in [0.25, 0.3) is 0 Å². The summed E-state index contributed by atoms with van der Waals surface area (Å²) in [5.41, 5.74) is 5.16. The maximum Gasteiger partial charge on any atom is 0.320 e. The summed E-state index contributed by atoms with van der Waals surface area (Å²) < 4.78 is 0. The van der Waals surface area contributed by atoms with Crippen molar-refractivity contribution in [2.75, 3.05) is 0 Å². The number of rotatable bonds is 6. The van der Waals surface area contributed by atoms with E-state index in [1.165, 1.54) is 0 Å². The van der Waals surface area contributed by atoms with Gasteiger partial charge in [-0.2, -0.15) is 0 Å². The zero-order valence-electron chi connectivity index (χ0n) is 9.92. The quantitative estimate of drug-likeness (QED) is 0.533. The van der Waals surface area contributed by atoms with Crippen molar-refractivity contribution in [3.05, 3.63) is 0 Å². The molecule has 7 heteroatoms. The lowest BCUT2D eigenvalue weighted by Crippen LogP contribution is -2.34. The second-order valence-corrected chi connectivity index (χ2v) is 3.75. The van der Waals surface area contributed by atoms with Crippen molar-refractivity contribution in [1.82, 2.24) is 0 Å². The Morgan fingerprint density at radius 3 is 1.47 bits per heavy atom. The van der Waals surface area contributed by atoms with Crippen molar-refractivity contribution in [1.29, 1.82) is 0 Å². The highest BCUT2D eigenvalue weighted by Crippen LogP contribution is 1.96. The Morgan fingerprint density at radius 1 is 1.00 bits per heavy atom. The van der Waals surface area contributed by atoms with Crippen molar-refractivity contribution >= 4 is 17.9 Å². The first-order chi connectivity index (χ1) is 7.68. The molecular formula is C10H19NO6. The Balaban J connectivity index is 0. The number of carbonyl (C=O) groups is 3. The summed E-state index contributed by atoms with van der Waals surface area (Å²) in [6.45, 7) is 3.55. The fourth-order valence-electron chi connectivity index (χ4n) is 0.676. The van der Waals surface area contributed by atoms with Crippen LogP contribution in [0.3, 0.4) is 0 Å². The maximum atomic E-state index is 10.0. The Kier molecular flexibility index (Phi) is 10.0. The summed E-state index contributed by atoms with van der Waals surface area (Å²) in [6, 6.07) is -0.713. The van der Waals surface area contributed by atoms with E-state index in [1.807, 2.05) is 0 Å². The summed E-state index contributed by atoms with van der Waals surface area (Å²) in [4.78, 5) is 29.6. The highest BCUT2D eigenvalue weighted by molar-refractivity contribution is 5.73. The third-order valence-electron chi connectivity index (χ3n) is 1.78. The van der Waals surface area contributed by atoms with Gasteiger partial charge in [-0.1, -0.05) is 13.8 Å². The zero-order chi connectivity index (χ0) is 14.0. The van der Waals surface area contributed by atoms with E-state index in [4.69, 9.17) is 21.1 Å². The summed E-state index contributed by atoms with van der Waals surface area (Å²) in [5, 5.41) is 24.3. The first-order valence-corrected chi connectivity index (χ1v) is 5.10. The van der Waals surface area contributed by atoms with E-state index in [-0.39, 0.29) is 25.2 Å². The molecule has 0 amide bonds. The molecule has 0 radical (unpaired) electrons. The number of carboxylic acids is 3. The van der Waals surface area contributed by atoms with Crippen LogP contribution in [-0.4, -0.2) is 39.3 Å². The molecule has 7 nitrogen and oxygen atoms in total. The minimum absolute atomic E-state index is 0.0208. The summed E-state index contributed by atoms with van der Waals surface area (Å²) in [6.07, 6.45) is 0.0866. The Hall–Kier alpha value is -1.63. The van der Waals surface area contributed by atoms with Crippen molar-refractivity contribution in [2.45, 2.75) is 39.2 Å². The van der Waals surface area contributed by atoms with Gasteiger partial charge in [0.05, 0.1) is 0 Å². The molecule has 100 valence electrons. The van der Waals surface area contributed by atoms with Crippen LogP contribution in [0.2, 0.25) is 0 Å². The predicted octanol–water partition coefficient (Wildman–Crippen LogP) is 0.380. The van der Waals surface area contributed by atoms with E-state index >= 15 is 0 Å². The molecule has 0 fully saturated rings. The fraction of sp³-hybridized carbons (Fsp3) is 0.700. The third kappa shape index (κ3) is 14.4. The molecule has 1 atom stereocenters. The second-order valence-electron chi connectivity index (χ2n) is 3.75. The van der Waals surface area contributed by atoms with Gasteiger partial charge in [0.1, 0.15) is 6.04 Å². The monoisotopic (exact) mass is 249 g/mol. The SMILES string of the molecule is CC(C)[C@@H](N)C(=O)O.O=C(O)CCCC(=O)O. The van der Waals surface area contributed by atoms with Crippen molar-refractivity contribution in [3.8, 4) is 0 Å². The Labute approximate surface area is 99.2 Å². The number of hydrogen-bond donors (Lipinski definition) is 4. The summed E-state index contributed by atoms with van der Waals surface area (Å²) in [5.74, 6) is -2.81. The lowest BCUT2D eigenvalue weighted by Gasteiger charge is -2.07. The average molecular weight is 249 g/mol. The first-order valence-electron chi connectivity index (χ1n) is 5.10. The topological polar surface area (TPSA) is 138 Å². The number of hydrogen-bond acceptors (Lipinski definition) is 4. The van der Waals surface area contributed by atoms with E-state index in [9.17, 15) is 14.4 Å². The lowest BCUT2D eigenvalue weighted by molar-refractivity contribution is -0.140. The van der Waals surface area contributed by atoms with Gasteiger partial charge in [-0.3, -0.25) is 14.4 Å². The molecule has 0 aromatic rings. The van der Waals surface area contributed by atoms with Crippen LogP contribution >= 0.6 is 0 Å². The van der Waals surface area contributed by atoms with E-state index in [0.717, 1.165) is 0 Å². The summed E-state index contributed by atoms with van der Waals surface area (Å²) in [7, 11) is 0. The van der Waals surface area contributed by atoms with Gasteiger partial charge in [0, 0.05) is 12.8 Å². The average Bonchev–Trinajstić information content (AvgIpc) is 2.15. The van der Waals surface area contributed by atoms with Gasteiger partial charge in [0.2, 0.25) is 0 Å². The third-order valence-corrected chi connectivity index (χ3v) is 1.78. The lowest BCUT2D eigenvalue weighted by atomic mass is 10.1. The fourth-order valence-corrected chi connectivity index (χ4v) is 0.676. The van der Waals surface area contributed by atoms with Crippen LogP contribution < -0.4 is 5.73 Å². The second kappa shape index (κ2) is 9.59. The van der Waals surface area contributed by atoms with Crippen molar-refractivity contribution in [2.24, 2.45) is 11.7 Å². The zero-order valence-corrected chi connectivity index (χ0v) is 9.92. The highest BCUT2D eigenvalue weighted by Gasteiger charge is 2.14. The van der Waals surface area contributed by atoms with Gasteiger partial charge >= 0.3 is 17.9 Å².